The first-order chi connectivity index (χ1) is 6.43. The molecule has 0 unspecified atom stereocenters. The average Bonchev–Trinajstić information content (AvgIpc) is 2.61. The third-order valence-corrected chi connectivity index (χ3v) is 2.31. The molecule has 0 aromatic heterocycles. The minimum absolute atomic E-state index is 0.343. The van der Waals surface area contributed by atoms with Crippen LogP contribution in [-0.4, -0.2) is 6.79 Å². The number of ether oxygens (including phenoxy) is 2. The molecule has 1 aromatic carbocycles. The molecular formula is C10H9NO2. The van der Waals surface area contributed by atoms with Crippen LogP contribution in [-0.2, 0) is 6.54 Å². The molecule has 3 heteroatoms. The number of nitrogens with one attached hydrogen (secondary N) is 1. The number of fused-ring (bicyclic) bond motifs is 2. The van der Waals surface area contributed by atoms with Crippen molar-refractivity contribution >= 4 is 6.08 Å². The number of hydrogen-bond acceptors (Lipinski definition) is 3. The van der Waals surface area contributed by atoms with Crippen LogP contribution in [0.5, 0.6) is 11.5 Å². The fourth-order valence-corrected chi connectivity index (χ4v) is 1.63. The first-order valence-electron chi connectivity index (χ1n) is 4.26. The van der Waals surface area contributed by atoms with Gasteiger partial charge >= 0.3 is 0 Å². The Morgan fingerprint density at radius 2 is 2.00 bits per heavy atom. The first-order valence-corrected chi connectivity index (χ1v) is 4.26. The van der Waals surface area contributed by atoms with E-state index in [0.717, 1.165) is 18.0 Å². The molecular weight excluding hydrogens is 166 g/mol. The van der Waals surface area contributed by atoms with Crippen LogP contribution in [0, 0.1) is 0 Å². The van der Waals surface area contributed by atoms with Crippen LogP contribution in [0.25, 0.3) is 6.08 Å². The van der Waals surface area contributed by atoms with E-state index in [-0.39, 0.29) is 0 Å². The van der Waals surface area contributed by atoms with E-state index in [0.29, 0.717) is 6.79 Å². The molecule has 3 rings (SSSR count). The van der Waals surface area contributed by atoms with Gasteiger partial charge in [-0.05, 0) is 35.5 Å². The van der Waals surface area contributed by atoms with Gasteiger partial charge in [-0.3, -0.25) is 0 Å². The lowest BCUT2D eigenvalue weighted by Crippen LogP contribution is -2.09. The number of benzene rings is 1. The molecule has 2 aliphatic rings. The Morgan fingerprint density at radius 1 is 1.15 bits per heavy atom. The topological polar surface area (TPSA) is 30.5 Å². The maximum absolute atomic E-state index is 5.29. The summed E-state index contributed by atoms with van der Waals surface area (Å²) in [6, 6.07) is 4.06. The Morgan fingerprint density at radius 3 is 2.92 bits per heavy atom. The Kier molecular flexibility index (Phi) is 1.27. The second-order valence-corrected chi connectivity index (χ2v) is 3.12. The van der Waals surface area contributed by atoms with E-state index in [2.05, 4.69) is 5.32 Å². The summed E-state index contributed by atoms with van der Waals surface area (Å²) in [6.45, 7) is 1.21. The van der Waals surface area contributed by atoms with E-state index in [1.54, 1.807) is 0 Å². The highest BCUT2D eigenvalue weighted by Crippen LogP contribution is 2.35. The van der Waals surface area contributed by atoms with Crippen LogP contribution in [0.4, 0.5) is 0 Å². The highest BCUT2D eigenvalue weighted by atomic mass is 16.7. The van der Waals surface area contributed by atoms with E-state index < -0.39 is 0 Å². The first kappa shape index (κ1) is 6.83. The lowest BCUT2D eigenvalue weighted by molar-refractivity contribution is 0.174. The van der Waals surface area contributed by atoms with Gasteiger partial charge in [0.25, 0.3) is 0 Å². The maximum atomic E-state index is 5.29. The molecule has 0 radical (unpaired) electrons. The average molecular weight is 175 g/mol. The van der Waals surface area contributed by atoms with Gasteiger partial charge in [0, 0.05) is 6.54 Å². The zero-order chi connectivity index (χ0) is 8.67. The molecule has 2 aliphatic heterocycles. The Hall–Kier alpha value is -1.64. The van der Waals surface area contributed by atoms with E-state index in [1.165, 1.54) is 11.1 Å². The molecule has 0 bridgehead atoms. The Bertz CT molecular complexity index is 385. The highest BCUT2D eigenvalue weighted by molar-refractivity contribution is 5.62. The van der Waals surface area contributed by atoms with Crippen LogP contribution < -0.4 is 14.8 Å². The van der Waals surface area contributed by atoms with Crippen LogP contribution in [0.1, 0.15) is 11.1 Å². The van der Waals surface area contributed by atoms with E-state index in [9.17, 15) is 0 Å². The van der Waals surface area contributed by atoms with Crippen molar-refractivity contribution in [1.29, 1.82) is 0 Å². The predicted molar refractivity (Wildman–Crippen MR) is 48.4 cm³/mol. The van der Waals surface area contributed by atoms with Crippen LogP contribution >= 0.6 is 0 Å². The van der Waals surface area contributed by atoms with Crippen LogP contribution in [0.3, 0.4) is 0 Å². The lowest BCUT2D eigenvalue weighted by Gasteiger charge is -2.12. The van der Waals surface area contributed by atoms with E-state index in [4.69, 9.17) is 9.47 Å². The van der Waals surface area contributed by atoms with Gasteiger partial charge in [-0.2, -0.15) is 0 Å². The molecule has 0 aliphatic carbocycles. The number of rotatable bonds is 0. The normalized spacial score (nSPS) is 16.6. The summed E-state index contributed by atoms with van der Waals surface area (Å²) in [7, 11) is 0. The van der Waals surface area contributed by atoms with Crippen molar-refractivity contribution in [2.24, 2.45) is 0 Å². The molecule has 0 spiro atoms. The Labute approximate surface area is 76.0 Å². The molecule has 0 atom stereocenters. The summed E-state index contributed by atoms with van der Waals surface area (Å²) in [6.07, 6.45) is 3.99. The quantitative estimate of drug-likeness (QED) is 0.648. The SMILES string of the molecule is C1=Cc2cc3c(cc2CN1)OCO3. The van der Waals surface area contributed by atoms with Crippen molar-refractivity contribution in [2.75, 3.05) is 6.79 Å². The van der Waals surface area contributed by atoms with Gasteiger partial charge in [-0.1, -0.05) is 0 Å². The molecule has 1 aromatic rings. The molecule has 0 saturated heterocycles. The van der Waals surface area contributed by atoms with Crippen molar-refractivity contribution in [3.8, 4) is 11.5 Å². The van der Waals surface area contributed by atoms with Gasteiger partial charge in [-0.15, -0.1) is 0 Å². The lowest BCUT2D eigenvalue weighted by atomic mass is 10.0. The molecule has 0 amide bonds. The summed E-state index contributed by atoms with van der Waals surface area (Å²) in [5.74, 6) is 1.71. The van der Waals surface area contributed by atoms with Crippen molar-refractivity contribution < 1.29 is 9.47 Å². The van der Waals surface area contributed by atoms with Gasteiger partial charge in [-0.25, -0.2) is 0 Å². The maximum Gasteiger partial charge on any atom is 0.231 e. The van der Waals surface area contributed by atoms with Crippen molar-refractivity contribution in [3.05, 3.63) is 29.5 Å². The summed E-state index contributed by atoms with van der Waals surface area (Å²) in [5, 5.41) is 3.16. The van der Waals surface area contributed by atoms with Crippen molar-refractivity contribution in [3.63, 3.8) is 0 Å². The van der Waals surface area contributed by atoms with E-state index >= 15 is 0 Å². The largest absolute Gasteiger partial charge is 0.454 e. The third-order valence-electron chi connectivity index (χ3n) is 2.31. The van der Waals surface area contributed by atoms with Crippen molar-refractivity contribution in [1.82, 2.24) is 5.32 Å². The standard InChI is InChI=1S/C10H9NO2/c1-2-11-5-8-4-10-9(3-7(1)8)12-6-13-10/h1-4,11H,5-6H2. The predicted octanol–water partition coefficient (Wildman–Crippen LogP) is 1.49. The zero-order valence-electron chi connectivity index (χ0n) is 7.04. The fourth-order valence-electron chi connectivity index (χ4n) is 1.63. The molecule has 0 fully saturated rings. The van der Waals surface area contributed by atoms with E-state index in [1.807, 2.05) is 24.4 Å². The minimum Gasteiger partial charge on any atom is -0.454 e. The summed E-state index contributed by atoms with van der Waals surface area (Å²) in [4.78, 5) is 0. The summed E-state index contributed by atoms with van der Waals surface area (Å²) in [5.41, 5.74) is 2.47. The van der Waals surface area contributed by atoms with Gasteiger partial charge in [0.15, 0.2) is 11.5 Å². The van der Waals surface area contributed by atoms with Crippen molar-refractivity contribution in [2.45, 2.75) is 6.54 Å². The molecule has 13 heavy (non-hydrogen) atoms. The van der Waals surface area contributed by atoms with Gasteiger partial charge < -0.3 is 14.8 Å². The highest BCUT2D eigenvalue weighted by Gasteiger charge is 2.16. The fraction of sp³-hybridized carbons (Fsp3) is 0.200. The smallest absolute Gasteiger partial charge is 0.231 e. The second-order valence-electron chi connectivity index (χ2n) is 3.12. The summed E-state index contributed by atoms with van der Waals surface area (Å²) >= 11 is 0. The summed E-state index contributed by atoms with van der Waals surface area (Å²) < 4.78 is 10.6. The Balaban J connectivity index is 2.18. The second kappa shape index (κ2) is 2.42. The van der Waals surface area contributed by atoms with Crippen LogP contribution in [0.15, 0.2) is 18.3 Å². The number of hydrogen-bond donors (Lipinski definition) is 1. The zero-order valence-corrected chi connectivity index (χ0v) is 7.04. The molecule has 66 valence electrons. The molecule has 1 N–H and O–H groups in total. The molecule has 3 nitrogen and oxygen atoms in total. The van der Waals surface area contributed by atoms with Gasteiger partial charge in [0.2, 0.25) is 6.79 Å². The van der Waals surface area contributed by atoms with Gasteiger partial charge in [0.05, 0.1) is 0 Å². The third kappa shape index (κ3) is 0.967. The molecule has 2 heterocycles. The minimum atomic E-state index is 0.343. The van der Waals surface area contributed by atoms with Crippen LogP contribution in [0.2, 0.25) is 0 Å². The van der Waals surface area contributed by atoms with Gasteiger partial charge in [0.1, 0.15) is 0 Å². The monoisotopic (exact) mass is 175 g/mol. The molecule has 0 saturated carbocycles.